The van der Waals surface area contributed by atoms with Crippen molar-refractivity contribution in [2.24, 2.45) is 5.73 Å². The Bertz CT molecular complexity index is 240. The van der Waals surface area contributed by atoms with Crippen molar-refractivity contribution in [2.75, 3.05) is 13.2 Å². The largest absolute Gasteiger partial charge is 0.494 e. The second-order valence-electron chi connectivity index (χ2n) is 2.45. The first-order valence-corrected chi connectivity index (χ1v) is 4.70. The minimum atomic E-state index is 0.675. The number of benzene rings is 1. The zero-order chi connectivity index (χ0) is 8.81. The van der Waals surface area contributed by atoms with Crippen molar-refractivity contribution < 1.29 is 4.74 Å². The fourth-order valence-electron chi connectivity index (χ4n) is 0.830. The molecule has 0 aliphatic carbocycles. The first-order chi connectivity index (χ1) is 5.83. The zero-order valence-corrected chi connectivity index (χ0v) is 8.38. The molecule has 0 radical (unpaired) electrons. The molecular weight excluding hydrogens is 218 g/mol. The molecule has 0 spiro atoms. The summed E-state index contributed by atoms with van der Waals surface area (Å²) in [5, 5.41) is 0. The van der Waals surface area contributed by atoms with Crippen molar-refractivity contribution in [2.45, 2.75) is 6.42 Å². The highest BCUT2D eigenvalue weighted by molar-refractivity contribution is 9.10. The molecule has 0 aliphatic heterocycles. The average Bonchev–Trinajstić information content (AvgIpc) is 2.05. The van der Waals surface area contributed by atoms with E-state index in [1.54, 1.807) is 0 Å². The maximum atomic E-state index is 5.42. The van der Waals surface area contributed by atoms with E-state index in [1.165, 1.54) is 0 Å². The average molecular weight is 230 g/mol. The smallest absolute Gasteiger partial charge is 0.120 e. The van der Waals surface area contributed by atoms with Crippen molar-refractivity contribution in [1.82, 2.24) is 0 Å². The highest BCUT2D eigenvalue weighted by Gasteiger charge is 1.92. The number of halogens is 1. The summed E-state index contributed by atoms with van der Waals surface area (Å²) in [4.78, 5) is 0. The van der Waals surface area contributed by atoms with Crippen LogP contribution < -0.4 is 10.5 Å². The Labute approximate surface area is 80.8 Å². The second-order valence-corrected chi connectivity index (χ2v) is 3.36. The topological polar surface area (TPSA) is 35.2 Å². The lowest BCUT2D eigenvalue weighted by Crippen LogP contribution is -2.05. The van der Waals surface area contributed by atoms with Gasteiger partial charge in [-0.25, -0.2) is 0 Å². The molecule has 0 saturated heterocycles. The molecule has 12 heavy (non-hydrogen) atoms. The quantitative estimate of drug-likeness (QED) is 0.804. The lowest BCUT2D eigenvalue weighted by Gasteiger charge is -2.04. The standard InChI is InChI=1S/C9H12BrNO/c10-8-3-1-4-9(7-8)12-6-2-5-11/h1,3-4,7H,2,5-6,11H2. The van der Waals surface area contributed by atoms with Gasteiger partial charge in [0.05, 0.1) is 6.61 Å². The Morgan fingerprint density at radius 1 is 1.42 bits per heavy atom. The molecule has 0 amide bonds. The number of nitrogens with two attached hydrogens (primary N) is 1. The van der Waals surface area contributed by atoms with Gasteiger partial charge in [-0.2, -0.15) is 0 Å². The van der Waals surface area contributed by atoms with Gasteiger partial charge in [-0.1, -0.05) is 22.0 Å². The summed E-state index contributed by atoms with van der Waals surface area (Å²) in [6.45, 7) is 1.36. The van der Waals surface area contributed by atoms with E-state index in [-0.39, 0.29) is 0 Å². The van der Waals surface area contributed by atoms with E-state index < -0.39 is 0 Å². The van der Waals surface area contributed by atoms with Gasteiger partial charge in [0.1, 0.15) is 5.75 Å². The van der Waals surface area contributed by atoms with Crippen LogP contribution in [0.25, 0.3) is 0 Å². The molecule has 0 fully saturated rings. The molecule has 1 aromatic rings. The van der Waals surface area contributed by atoms with Crippen LogP contribution in [0, 0.1) is 0 Å². The molecule has 66 valence electrons. The van der Waals surface area contributed by atoms with Gasteiger partial charge in [0.25, 0.3) is 0 Å². The third kappa shape index (κ3) is 3.24. The Morgan fingerprint density at radius 2 is 2.25 bits per heavy atom. The van der Waals surface area contributed by atoms with Crippen molar-refractivity contribution >= 4 is 15.9 Å². The van der Waals surface area contributed by atoms with Crippen LogP contribution in [0.2, 0.25) is 0 Å². The third-order valence-electron chi connectivity index (χ3n) is 1.41. The van der Waals surface area contributed by atoms with E-state index in [2.05, 4.69) is 15.9 Å². The van der Waals surface area contributed by atoms with Crippen LogP contribution in [0.15, 0.2) is 28.7 Å². The molecule has 2 nitrogen and oxygen atoms in total. The first kappa shape index (κ1) is 9.55. The van der Waals surface area contributed by atoms with E-state index in [0.717, 1.165) is 16.6 Å². The Hall–Kier alpha value is -0.540. The Kier molecular flexibility index (Phi) is 4.11. The van der Waals surface area contributed by atoms with Gasteiger partial charge in [-0.15, -0.1) is 0 Å². The summed E-state index contributed by atoms with van der Waals surface area (Å²) in [6, 6.07) is 7.79. The van der Waals surface area contributed by atoms with Crippen LogP contribution in [0.1, 0.15) is 6.42 Å². The summed E-state index contributed by atoms with van der Waals surface area (Å²) >= 11 is 3.37. The molecule has 1 aromatic carbocycles. The molecule has 1 rings (SSSR count). The predicted molar refractivity (Wildman–Crippen MR) is 53.3 cm³/mol. The minimum absolute atomic E-state index is 0.675. The van der Waals surface area contributed by atoms with E-state index in [4.69, 9.17) is 10.5 Å². The van der Waals surface area contributed by atoms with Crippen LogP contribution in [0.3, 0.4) is 0 Å². The van der Waals surface area contributed by atoms with Crippen LogP contribution in [0.5, 0.6) is 5.75 Å². The van der Waals surface area contributed by atoms with Crippen molar-refractivity contribution in [3.05, 3.63) is 28.7 Å². The molecule has 0 bridgehead atoms. The summed E-state index contributed by atoms with van der Waals surface area (Å²) in [5.41, 5.74) is 5.33. The van der Waals surface area contributed by atoms with Gasteiger partial charge in [0.2, 0.25) is 0 Å². The molecule has 0 aliphatic rings. The minimum Gasteiger partial charge on any atom is -0.494 e. The first-order valence-electron chi connectivity index (χ1n) is 3.91. The molecule has 0 aromatic heterocycles. The lowest BCUT2D eigenvalue weighted by atomic mass is 10.3. The normalized spacial score (nSPS) is 9.83. The second kappa shape index (κ2) is 5.17. The van der Waals surface area contributed by atoms with Gasteiger partial charge in [0, 0.05) is 4.47 Å². The van der Waals surface area contributed by atoms with Crippen LogP contribution in [-0.2, 0) is 0 Å². The number of rotatable bonds is 4. The molecule has 3 heteroatoms. The van der Waals surface area contributed by atoms with Crippen LogP contribution in [0.4, 0.5) is 0 Å². The van der Waals surface area contributed by atoms with E-state index in [1.807, 2.05) is 24.3 Å². The summed E-state index contributed by atoms with van der Waals surface area (Å²) in [6.07, 6.45) is 0.895. The van der Waals surface area contributed by atoms with Gasteiger partial charge in [-0.3, -0.25) is 0 Å². The molecule has 0 heterocycles. The van der Waals surface area contributed by atoms with E-state index in [9.17, 15) is 0 Å². The summed E-state index contributed by atoms with van der Waals surface area (Å²) in [7, 11) is 0. The fraction of sp³-hybridized carbons (Fsp3) is 0.333. The predicted octanol–water partition coefficient (Wildman–Crippen LogP) is 2.18. The van der Waals surface area contributed by atoms with Gasteiger partial charge < -0.3 is 10.5 Å². The van der Waals surface area contributed by atoms with Crippen molar-refractivity contribution in [3.8, 4) is 5.75 Å². The molecule has 0 unspecified atom stereocenters. The third-order valence-corrected chi connectivity index (χ3v) is 1.91. The highest BCUT2D eigenvalue weighted by Crippen LogP contribution is 2.17. The zero-order valence-electron chi connectivity index (χ0n) is 6.79. The molecule has 2 N–H and O–H groups in total. The summed E-state index contributed by atoms with van der Waals surface area (Å²) in [5.74, 6) is 0.887. The molecular formula is C9H12BrNO. The van der Waals surface area contributed by atoms with Gasteiger partial charge in [-0.05, 0) is 31.2 Å². The van der Waals surface area contributed by atoms with Crippen molar-refractivity contribution in [1.29, 1.82) is 0 Å². The van der Waals surface area contributed by atoms with E-state index in [0.29, 0.717) is 13.2 Å². The maximum Gasteiger partial charge on any atom is 0.120 e. The Balaban J connectivity index is 2.41. The van der Waals surface area contributed by atoms with Gasteiger partial charge >= 0.3 is 0 Å². The van der Waals surface area contributed by atoms with Crippen LogP contribution >= 0.6 is 15.9 Å². The number of ether oxygens (including phenoxy) is 1. The maximum absolute atomic E-state index is 5.42. The number of hydrogen-bond donors (Lipinski definition) is 1. The Morgan fingerprint density at radius 3 is 2.92 bits per heavy atom. The fourth-order valence-corrected chi connectivity index (χ4v) is 1.21. The monoisotopic (exact) mass is 229 g/mol. The SMILES string of the molecule is NCCCOc1cccc(Br)c1. The van der Waals surface area contributed by atoms with Gasteiger partial charge in [0.15, 0.2) is 0 Å². The highest BCUT2D eigenvalue weighted by atomic mass is 79.9. The van der Waals surface area contributed by atoms with Crippen molar-refractivity contribution in [3.63, 3.8) is 0 Å². The number of hydrogen-bond acceptors (Lipinski definition) is 2. The van der Waals surface area contributed by atoms with E-state index >= 15 is 0 Å². The van der Waals surface area contributed by atoms with Crippen LogP contribution in [-0.4, -0.2) is 13.2 Å². The molecule has 0 atom stereocenters. The lowest BCUT2D eigenvalue weighted by molar-refractivity contribution is 0.313. The molecule has 0 saturated carbocycles. The summed E-state index contributed by atoms with van der Waals surface area (Å²) < 4.78 is 6.45.